The van der Waals surface area contributed by atoms with Gasteiger partial charge in [-0.3, -0.25) is 0 Å². The molecule has 94 valence electrons. The lowest BCUT2D eigenvalue weighted by atomic mass is 10.1. The number of halogens is 1. The predicted molar refractivity (Wildman–Crippen MR) is 77.3 cm³/mol. The van der Waals surface area contributed by atoms with E-state index in [1.165, 1.54) is 0 Å². The fraction of sp³-hybridized carbons (Fsp3) is 0.462. The normalized spacial score (nSPS) is 15.4. The fourth-order valence-corrected chi connectivity index (χ4v) is 5.18. The Hall–Kier alpha value is -0.453. The van der Waals surface area contributed by atoms with E-state index in [0.29, 0.717) is 0 Å². The van der Waals surface area contributed by atoms with Gasteiger partial charge in [0.05, 0.1) is 4.83 Å². The number of carbonyl (C=O) groups is 1. The van der Waals surface area contributed by atoms with Crippen molar-refractivity contribution in [2.45, 2.75) is 30.6 Å². The van der Waals surface area contributed by atoms with Gasteiger partial charge in [0.2, 0.25) is 0 Å². The highest BCUT2D eigenvalue weighted by atomic mass is 79.9. The molecule has 0 bridgehead atoms. The molecule has 0 spiro atoms. The summed E-state index contributed by atoms with van der Waals surface area (Å²) in [5.74, 6) is 0. The molecule has 1 rings (SSSR count). The van der Waals surface area contributed by atoms with Gasteiger partial charge < -0.3 is 9.53 Å². The van der Waals surface area contributed by atoms with Crippen LogP contribution in [0.4, 0.5) is 0 Å². The van der Waals surface area contributed by atoms with Gasteiger partial charge in [0, 0.05) is 7.11 Å². The smallest absolute Gasteiger partial charge is 0.127 e. The first kappa shape index (κ1) is 14.6. The molecule has 17 heavy (non-hydrogen) atoms. The number of carbonyl (C=O) groups excluding carboxylic acids is 1. The second-order valence-electron chi connectivity index (χ2n) is 5.08. The van der Waals surface area contributed by atoms with Crippen molar-refractivity contribution in [2.24, 2.45) is 0 Å². The lowest BCUT2D eigenvalue weighted by Gasteiger charge is -2.25. The second-order valence-corrected chi connectivity index (χ2v) is 11.1. The molecule has 0 N–H and O–H groups in total. The first-order valence-corrected chi connectivity index (χ1v) is 10.1. The Labute approximate surface area is 113 Å². The van der Waals surface area contributed by atoms with E-state index < -0.39 is 8.07 Å². The molecule has 2 atom stereocenters. The summed E-state index contributed by atoms with van der Waals surface area (Å²) in [7, 11) is -0.159. The van der Waals surface area contributed by atoms with Crippen molar-refractivity contribution in [1.29, 1.82) is 0 Å². The van der Waals surface area contributed by atoms with Crippen molar-refractivity contribution in [3.05, 3.63) is 35.9 Å². The molecular formula is C13H19BrO2Si. The highest BCUT2D eigenvalue weighted by Gasteiger charge is 2.35. The van der Waals surface area contributed by atoms with Gasteiger partial charge in [-0.1, -0.05) is 65.9 Å². The van der Waals surface area contributed by atoms with Crippen LogP contribution < -0.4 is 0 Å². The molecule has 0 saturated carbocycles. The maximum Gasteiger partial charge on any atom is 0.127 e. The molecule has 0 aliphatic heterocycles. The van der Waals surface area contributed by atoms with Gasteiger partial charge in [-0.25, -0.2) is 0 Å². The third kappa shape index (κ3) is 3.76. The molecule has 1 aromatic rings. The van der Waals surface area contributed by atoms with Gasteiger partial charge in [-0.05, 0) is 5.56 Å². The quantitative estimate of drug-likeness (QED) is 0.613. The van der Waals surface area contributed by atoms with Crippen LogP contribution in [0.2, 0.25) is 19.6 Å². The van der Waals surface area contributed by atoms with Crippen LogP contribution in [0.5, 0.6) is 0 Å². The molecule has 0 fully saturated rings. The number of ether oxygens (including phenoxy) is 1. The van der Waals surface area contributed by atoms with Crippen molar-refractivity contribution >= 4 is 29.4 Å². The minimum atomic E-state index is -1.80. The van der Waals surface area contributed by atoms with Crippen LogP contribution in [0.25, 0.3) is 0 Å². The Kier molecular flexibility index (Phi) is 5.10. The van der Waals surface area contributed by atoms with Crippen LogP contribution >= 0.6 is 15.9 Å². The van der Waals surface area contributed by atoms with Crippen molar-refractivity contribution < 1.29 is 9.53 Å². The van der Waals surface area contributed by atoms with Gasteiger partial charge in [0.15, 0.2) is 0 Å². The van der Waals surface area contributed by atoms with Gasteiger partial charge in [0.25, 0.3) is 0 Å². The van der Waals surface area contributed by atoms with E-state index in [0.717, 1.165) is 5.56 Å². The Morgan fingerprint density at radius 1 is 1.24 bits per heavy atom. The van der Waals surface area contributed by atoms with Crippen molar-refractivity contribution in [3.63, 3.8) is 0 Å². The van der Waals surface area contributed by atoms with E-state index in [1.807, 2.05) is 30.3 Å². The number of methoxy groups -OCH3 is 1. The number of hydrogen-bond donors (Lipinski definition) is 0. The molecule has 0 aliphatic carbocycles. The minimum Gasteiger partial charge on any atom is -0.375 e. The number of benzene rings is 1. The van der Waals surface area contributed by atoms with Gasteiger partial charge in [-0.2, -0.15) is 0 Å². The summed E-state index contributed by atoms with van der Waals surface area (Å²) in [5, 5.41) is 0.285. The average molecular weight is 315 g/mol. The Morgan fingerprint density at radius 2 is 1.76 bits per heavy atom. The van der Waals surface area contributed by atoms with E-state index in [-0.39, 0.29) is 16.3 Å². The summed E-state index contributed by atoms with van der Waals surface area (Å²) in [6, 6.07) is 9.85. The topological polar surface area (TPSA) is 26.3 Å². The summed E-state index contributed by atoms with van der Waals surface area (Å²) >= 11 is 3.50. The zero-order valence-electron chi connectivity index (χ0n) is 10.7. The van der Waals surface area contributed by atoms with Crippen LogP contribution in [0.3, 0.4) is 0 Å². The SMILES string of the molecule is CO[C@H](c1ccccc1)C(Br)C(=O)[Si](C)(C)C. The summed E-state index contributed by atoms with van der Waals surface area (Å²) in [5.41, 5.74) is 1.03. The molecular weight excluding hydrogens is 296 g/mol. The highest BCUT2D eigenvalue weighted by molar-refractivity contribution is 9.10. The first-order chi connectivity index (χ1) is 7.88. The van der Waals surface area contributed by atoms with Gasteiger partial charge in [-0.15, -0.1) is 0 Å². The fourth-order valence-electron chi connectivity index (χ4n) is 1.62. The first-order valence-electron chi connectivity index (χ1n) is 5.64. The highest BCUT2D eigenvalue weighted by Crippen LogP contribution is 2.28. The van der Waals surface area contributed by atoms with E-state index in [1.54, 1.807) is 7.11 Å². The van der Waals surface area contributed by atoms with Gasteiger partial charge in [0.1, 0.15) is 19.6 Å². The van der Waals surface area contributed by atoms with Crippen molar-refractivity contribution in [3.8, 4) is 0 Å². The zero-order valence-corrected chi connectivity index (χ0v) is 13.3. The molecule has 0 saturated heterocycles. The molecule has 1 unspecified atom stereocenters. The van der Waals surface area contributed by atoms with Crippen LogP contribution in [0.1, 0.15) is 11.7 Å². The number of alkyl halides is 1. The van der Waals surface area contributed by atoms with Crippen LogP contribution in [-0.2, 0) is 9.53 Å². The maximum atomic E-state index is 12.3. The number of hydrogen-bond acceptors (Lipinski definition) is 2. The Balaban J connectivity index is 2.93. The third-order valence-electron chi connectivity index (χ3n) is 2.64. The van der Waals surface area contributed by atoms with E-state index >= 15 is 0 Å². The second kappa shape index (κ2) is 5.93. The van der Waals surface area contributed by atoms with E-state index in [9.17, 15) is 4.79 Å². The predicted octanol–water partition coefficient (Wildman–Crippen LogP) is 3.58. The minimum absolute atomic E-state index is 0.213. The standard InChI is InChI=1S/C13H19BrO2Si/c1-16-12(10-8-6-5-7-9-10)11(14)13(15)17(2,3)4/h5-9,11-12H,1-4H3/t11?,12-/m1/s1. The molecule has 4 heteroatoms. The summed E-state index contributed by atoms with van der Waals surface area (Å²) in [4.78, 5) is 12.0. The van der Waals surface area contributed by atoms with Crippen LogP contribution in [0.15, 0.2) is 30.3 Å². The Morgan fingerprint density at radius 3 is 2.18 bits per heavy atom. The lowest BCUT2D eigenvalue weighted by molar-refractivity contribution is -0.114. The lowest BCUT2D eigenvalue weighted by Crippen LogP contribution is -2.42. The average Bonchev–Trinajstić information content (AvgIpc) is 2.29. The molecule has 0 heterocycles. The summed E-state index contributed by atoms with van der Waals surface area (Å²) < 4.78 is 5.47. The monoisotopic (exact) mass is 314 g/mol. The van der Waals surface area contributed by atoms with E-state index in [2.05, 4.69) is 35.6 Å². The summed E-state index contributed by atoms with van der Waals surface area (Å²) in [6.45, 7) is 6.17. The largest absolute Gasteiger partial charge is 0.375 e. The third-order valence-corrected chi connectivity index (χ3v) is 5.75. The molecule has 0 aromatic heterocycles. The molecule has 1 aromatic carbocycles. The molecule has 0 amide bonds. The summed E-state index contributed by atoms with van der Waals surface area (Å²) in [6.07, 6.45) is -0.213. The van der Waals surface area contributed by atoms with Crippen molar-refractivity contribution in [2.75, 3.05) is 7.11 Å². The Bertz CT molecular complexity index is 373. The van der Waals surface area contributed by atoms with Crippen molar-refractivity contribution in [1.82, 2.24) is 0 Å². The van der Waals surface area contributed by atoms with E-state index in [4.69, 9.17) is 4.74 Å². The number of rotatable bonds is 5. The molecule has 2 nitrogen and oxygen atoms in total. The van der Waals surface area contributed by atoms with Gasteiger partial charge >= 0.3 is 0 Å². The molecule has 0 aliphatic rings. The van der Waals surface area contributed by atoms with Crippen LogP contribution in [-0.4, -0.2) is 25.4 Å². The van der Waals surface area contributed by atoms with Crippen LogP contribution in [0, 0.1) is 0 Å². The zero-order chi connectivity index (χ0) is 13.1. The molecule has 0 radical (unpaired) electrons. The maximum absolute atomic E-state index is 12.3.